The highest BCUT2D eigenvalue weighted by atomic mass is 35.5. The summed E-state index contributed by atoms with van der Waals surface area (Å²) in [5.74, 6) is -1.53. The van der Waals surface area contributed by atoms with Crippen molar-refractivity contribution in [2.45, 2.75) is 45.6 Å². The Morgan fingerprint density at radius 2 is 2.03 bits per heavy atom. The number of nitrogens with zero attached hydrogens (tertiary/aromatic N) is 1. The van der Waals surface area contributed by atoms with Crippen LogP contribution in [-0.2, 0) is 6.42 Å². The van der Waals surface area contributed by atoms with Crippen LogP contribution in [0.2, 0.25) is 5.02 Å². The number of halogens is 2. The second-order valence-electron chi connectivity index (χ2n) is 7.88. The van der Waals surface area contributed by atoms with Crippen molar-refractivity contribution in [3.8, 4) is 5.75 Å². The van der Waals surface area contributed by atoms with Gasteiger partial charge in [0.15, 0.2) is 0 Å². The highest BCUT2D eigenvalue weighted by molar-refractivity contribution is 6.30. The number of hydrogen-bond acceptors (Lipinski definition) is 4. The summed E-state index contributed by atoms with van der Waals surface area (Å²) in [6.45, 7) is 3.90. The molecule has 0 aliphatic rings. The molecule has 0 spiro atoms. The monoisotopic (exact) mass is 475 g/mol. The van der Waals surface area contributed by atoms with Gasteiger partial charge in [-0.1, -0.05) is 43.5 Å². The number of fused-ring (bicyclic) bond motifs is 1. The first-order valence-electron chi connectivity index (χ1n) is 10.9. The Morgan fingerprint density at radius 3 is 2.67 bits per heavy atom. The highest BCUT2D eigenvalue weighted by Gasteiger charge is 2.22. The summed E-state index contributed by atoms with van der Waals surface area (Å²) in [7, 11) is 0. The van der Waals surface area contributed by atoms with Crippen LogP contribution in [0.25, 0.3) is 10.9 Å². The van der Waals surface area contributed by atoms with Crippen molar-refractivity contribution in [1.82, 2.24) is 4.57 Å². The lowest BCUT2D eigenvalue weighted by Crippen LogP contribution is -2.23. The minimum Gasteiger partial charge on any atom is -0.492 e. The van der Waals surface area contributed by atoms with E-state index in [1.54, 1.807) is 35.8 Å². The number of aromatic carboxylic acids is 1. The van der Waals surface area contributed by atoms with Gasteiger partial charge in [0.25, 0.3) is 0 Å². The van der Waals surface area contributed by atoms with Gasteiger partial charge in [-0.2, -0.15) is 0 Å². The summed E-state index contributed by atoms with van der Waals surface area (Å²) in [6, 6.07) is 7.55. The van der Waals surface area contributed by atoms with Crippen LogP contribution in [0.5, 0.6) is 5.75 Å². The molecule has 0 fully saturated rings. The van der Waals surface area contributed by atoms with Crippen LogP contribution < -0.4 is 10.2 Å². The SMILES string of the molecule is CCCC[C@@H](CO)n1cc(C(=O)O)c(=O)c2cc(Cc3cccc(Cl)c3F)cc(OCC)c21. The molecule has 0 saturated heterocycles. The molecule has 0 bridgehead atoms. The summed E-state index contributed by atoms with van der Waals surface area (Å²) >= 11 is 5.91. The topological polar surface area (TPSA) is 88.8 Å². The van der Waals surface area contributed by atoms with Crippen molar-refractivity contribution < 1.29 is 24.1 Å². The number of hydrogen-bond donors (Lipinski definition) is 2. The Bertz CT molecular complexity index is 1220. The van der Waals surface area contributed by atoms with E-state index in [1.165, 1.54) is 12.3 Å². The lowest BCUT2D eigenvalue weighted by Gasteiger charge is -2.23. The van der Waals surface area contributed by atoms with Gasteiger partial charge in [-0.25, -0.2) is 9.18 Å². The number of benzene rings is 2. The Labute approximate surface area is 196 Å². The minimum atomic E-state index is -1.35. The van der Waals surface area contributed by atoms with E-state index < -0.39 is 28.8 Å². The number of aliphatic hydroxyl groups is 1. The maximum absolute atomic E-state index is 14.5. The van der Waals surface area contributed by atoms with Gasteiger partial charge in [0, 0.05) is 12.6 Å². The predicted octanol–water partition coefficient (Wildman–Crippen LogP) is 5.21. The maximum atomic E-state index is 14.5. The van der Waals surface area contributed by atoms with Gasteiger partial charge in [0.2, 0.25) is 5.43 Å². The van der Waals surface area contributed by atoms with Crippen molar-refractivity contribution in [2.75, 3.05) is 13.2 Å². The number of pyridine rings is 1. The number of unbranched alkanes of at least 4 members (excludes halogenated alkanes) is 1. The molecule has 0 aliphatic carbocycles. The molecular weight excluding hydrogens is 449 g/mol. The molecule has 2 aromatic carbocycles. The Balaban J connectivity index is 2.30. The van der Waals surface area contributed by atoms with Gasteiger partial charge in [-0.05, 0) is 42.7 Å². The van der Waals surface area contributed by atoms with E-state index in [9.17, 15) is 24.2 Å². The zero-order valence-electron chi connectivity index (χ0n) is 18.6. The highest BCUT2D eigenvalue weighted by Crippen LogP contribution is 2.32. The molecule has 3 aromatic rings. The maximum Gasteiger partial charge on any atom is 0.341 e. The molecular formula is C25H27ClFNO5. The van der Waals surface area contributed by atoms with Gasteiger partial charge >= 0.3 is 5.97 Å². The van der Waals surface area contributed by atoms with Gasteiger partial charge in [-0.3, -0.25) is 4.79 Å². The standard InChI is InChI=1S/C25H27ClFNO5/c1-3-5-8-17(14-29)28-13-19(25(31)32)24(30)18-11-15(12-21(23(18)28)33-4-2)10-16-7-6-9-20(26)22(16)27/h6-7,9,11-13,17,29H,3-5,8,10,14H2,1-2H3,(H,31,32)/t17-/m0/s1. The molecule has 1 heterocycles. The first-order chi connectivity index (χ1) is 15.8. The Kier molecular flexibility index (Phi) is 8.10. The van der Waals surface area contributed by atoms with Gasteiger partial charge < -0.3 is 19.5 Å². The van der Waals surface area contributed by atoms with Crippen LogP contribution in [0.15, 0.2) is 41.3 Å². The van der Waals surface area contributed by atoms with Crippen molar-refractivity contribution >= 4 is 28.5 Å². The number of carboxylic acid groups (broad SMARTS) is 1. The quantitative estimate of drug-likeness (QED) is 0.420. The fourth-order valence-electron chi connectivity index (χ4n) is 3.98. The zero-order valence-corrected chi connectivity index (χ0v) is 19.4. The number of aromatic nitrogens is 1. The van der Waals surface area contributed by atoms with Crippen LogP contribution in [0.3, 0.4) is 0 Å². The zero-order chi connectivity index (χ0) is 24.1. The number of carbonyl (C=O) groups is 1. The molecule has 1 atom stereocenters. The third-order valence-corrected chi connectivity index (χ3v) is 5.89. The molecule has 2 N–H and O–H groups in total. The first-order valence-corrected chi connectivity index (χ1v) is 11.3. The van der Waals surface area contributed by atoms with E-state index in [2.05, 4.69) is 0 Å². The van der Waals surface area contributed by atoms with Crippen LogP contribution in [-0.4, -0.2) is 34.0 Å². The molecule has 0 unspecified atom stereocenters. The third kappa shape index (κ3) is 5.20. The average Bonchev–Trinajstić information content (AvgIpc) is 2.78. The first kappa shape index (κ1) is 24.7. The average molecular weight is 476 g/mol. The molecule has 0 saturated carbocycles. The summed E-state index contributed by atoms with van der Waals surface area (Å²) < 4.78 is 22.0. The molecule has 176 valence electrons. The smallest absolute Gasteiger partial charge is 0.341 e. The summed E-state index contributed by atoms with van der Waals surface area (Å²) in [4.78, 5) is 25.0. The summed E-state index contributed by atoms with van der Waals surface area (Å²) in [6.07, 6.45) is 3.73. The molecule has 6 nitrogen and oxygen atoms in total. The van der Waals surface area contributed by atoms with Crippen molar-refractivity contribution in [3.05, 3.63) is 74.3 Å². The van der Waals surface area contributed by atoms with Crippen LogP contribution in [0.1, 0.15) is 60.6 Å². The van der Waals surface area contributed by atoms with E-state index in [0.29, 0.717) is 35.4 Å². The molecule has 0 aliphatic heterocycles. The Hall–Kier alpha value is -2.90. The second kappa shape index (κ2) is 10.8. The second-order valence-corrected chi connectivity index (χ2v) is 8.28. The number of carboxylic acids is 1. The van der Waals surface area contributed by atoms with E-state index in [0.717, 1.165) is 12.8 Å². The molecule has 8 heteroatoms. The predicted molar refractivity (Wildman–Crippen MR) is 126 cm³/mol. The lowest BCUT2D eigenvalue weighted by atomic mass is 9.99. The minimum absolute atomic E-state index is 0.00412. The van der Waals surface area contributed by atoms with E-state index in [1.807, 2.05) is 6.92 Å². The molecule has 0 amide bonds. The van der Waals surface area contributed by atoms with Gasteiger partial charge in [0.1, 0.15) is 17.1 Å². The largest absolute Gasteiger partial charge is 0.492 e. The molecule has 33 heavy (non-hydrogen) atoms. The molecule has 1 aromatic heterocycles. The van der Waals surface area contributed by atoms with E-state index >= 15 is 0 Å². The van der Waals surface area contributed by atoms with Crippen molar-refractivity contribution in [1.29, 1.82) is 0 Å². The van der Waals surface area contributed by atoms with Crippen molar-refractivity contribution in [3.63, 3.8) is 0 Å². The number of aliphatic hydroxyl groups excluding tert-OH is 1. The number of ether oxygens (including phenoxy) is 1. The van der Waals surface area contributed by atoms with Gasteiger partial charge in [-0.15, -0.1) is 0 Å². The van der Waals surface area contributed by atoms with Crippen LogP contribution in [0, 0.1) is 5.82 Å². The molecule has 0 radical (unpaired) electrons. The fourth-order valence-corrected chi connectivity index (χ4v) is 4.18. The van der Waals surface area contributed by atoms with Crippen LogP contribution >= 0.6 is 11.6 Å². The van der Waals surface area contributed by atoms with Crippen molar-refractivity contribution in [2.24, 2.45) is 0 Å². The normalized spacial score (nSPS) is 12.2. The fraction of sp³-hybridized carbons (Fsp3) is 0.360. The summed E-state index contributed by atoms with van der Waals surface area (Å²) in [5.41, 5.74) is 0.279. The van der Waals surface area contributed by atoms with E-state index in [-0.39, 0.29) is 23.4 Å². The number of rotatable bonds is 10. The summed E-state index contributed by atoms with van der Waals surface area (Å²) in [5, 5.41) is 19.8. The molecule has 3 rings (SSSR count). The third-order valence-electron chi connectivity index (χ3n) is 5.60. The van der Waals surface area contributed by atoms with Gasteiger partial charge in [0.05, 0.1) is 35.2 Å². The Morgan fingerprint density at radius 1 is 1.27 bits per heavy atom. The lowest BCUT2D eigenvalue weighted by molar-refractivity contribution is 0.0694. The van der Waals surface area contributed by atoms with Crippen LogP contribution in [0.4, 0.5) is 4.39 Å². The van der Waals surface area contributed by atoms with E-state index in [4.69, 9.17) is 16.3 Å².